The number of hydrogen-bond acceptors (Lipinski definition) is 7. The van der Waals surface area contributed by atoms with Crippen LogP contribution in [0.5, 0.6) is 17.2 Å². The summed E-state index contributed by atoms with van der Waals surface area (Å²) in [6.07, 6.45) is 3.28. The Kier molecular flexibility index (Phi) is 7.53. The average molecular weight is 489 g/mol. The first-order valence-corrected chi connectivity index (χ1v) is 11.7. The Labute approximate surface area is 209 Å². The van der Waals surface area contributed by atoms with Gasteiger partial charge in [0.2, 0.25) is 0 Å². The van der Waals surface area contributed by atoms with Gasteiger partial charge in [0, 0.05) is 24.5 Å². The summed E-state index contributed by atoms with van der Waals surface area (Å²) in [5, 5.41) is 11.3. The zero-order chi connectivity index (χ0) is 25.7. The van der Waals surface area contributed by atoms with E-state index in [4.69, 9.17) is 14.2 Å². The van der Waals surface area contributed by atoms with Crippen LogP contribution in [0.25, 0.3) is 5.76 Å². The number of aliphatic hydroxyl groups is 1. The third-order valence-electron chi connectivity index (χ3n) is 5.86. The number of nitrogens with zero attached hydrogens (tertiary/aromatic N) is 2. The van der Waals surface area contributed by atoms with Crippen molar-refractivity contribution in [1.82, 2.24) is 9.88 Å². The summed E-state index contributed by atoms with van der Waals surface area (Å²) >= 11 is 0. The smallest absolute Gasteiger partial charge is 0.295 e. The van der Waals surface area contributed by atoms with Crippen LogP contribution < -0.4 is 14.2 Å². The second-order valence-corrected chi connectivity index (χ2v) is 8.09. The number of ether oxygens (including phenoxy) is 3. The van der Waals surface area contributed by atoms with E-state index in [1.54, 1.807) is 60.9 Å². The molecule has 0 saturated carbocycles. The number of carbonyl (C=O) groups excluding carboxylic acids is 2. The fourth-order valence-corrected chi connectivity index (χ4v) is 4.24. The Morgan fingerprint density at radius 3 is 2.39 bits per heavy atom. The Hall–Kier alpha value is -4.33. The molecule has 1 aliphatic rings. The molecule has 0 bridgehead atoms. The molecule has 0 spiro atoms. The van der Waals surface area contributed by atoms with Crippen molar-refractivity contribution in [2.24, 2.45) is 0 Å². The second kappa shape index (κ2) is 10.9. The van der Waals surface area contributed by atoms with E-state index in [9.17, 15) is 14.7 Å². The highest BCUT2D eigenvalue weighted by Gasteiger charge is 2.46. The van der Waals surface area contributed by atoms with Crippen molar-refractivity contribution in [2.45, 2.75) is 26.4 Å². The van der Waals surface area contributed by atoms with Crippen LogP contribution in [0.1, 0.15) is 36.6 Å². The molecule has 1 aliphatic heterocycles. The van der Waals surface area contributed by atoms with Gasteiger partial charge in [-0.2, -0.15) is 0 Å². The number of Topliss-reactive ketones (excluding diaryl/α,β-unsaturated/α-hetero) is 1. The summed E-state index contributed by atoms with van der Waals surface area (Å²) in [5.41, 5.74) is 1.76. The first kappa shape index (κ1) is 24.8. The Bertz CT molecular complexity index is 1270. The SMILES string of the molecule is CCOc1ccc(/C(O)=C2\C(=O)C(=O)N(Cc3cccnc3)[C@@H]2c2ccc(OCC)c(OC)c2)cc1. The number of hydrogen-bond donors (Lipinski definition) is 1. The van der Waals surface area contributed by atoms with Gasteiger partial charge in [0.1, 0.15) is 11.5 Å². The quantitative estimate of drug-likeness (QED) is 0.269. The molecule has 0 aliphatic carbocycles. The first-order valence-electron chi connectivity index (χ1n) is 11.7. The molecular weight excluding hydrogens is 460 g/mol. The van der Waals surface area contributed by atoms with Gasteiger partial charge in [0.05, 0.1) is 31.9 Å². The summed E-state index contributed by atoms with van der Waals surface area (Å²) in [4.78, 5) is 32.1. The third-order valence-corrected chi connectivity index (χ3v) is 5.86. The summed E-state index contributed by atoms with van der Waals surface area (Å²) in [6.45, 7) is 4.84. The van der Waals surface area contributed by atoms with Crippen molar-refractivity contribution in [3.05, 3.63) is 89.3 Å². The second-order valence-electron chi connectivity index (χ2n) is 8.09. The number of rotatable bonds is 9. The van der Waals surface area contributed by atoms with E-state index in [2.05, 4.69) is 4.98 Å². The van der Waals surface area contributed by atoms with E-state index in [0.717, 1.165) is 5.56 Å². The minimum Gasteiger partial charge on any atom is -0.507 e. The summed E-state index contributed by atoms with van der Waals surface area (Å²) in [6, 6.07) is 14.7. The lowest BCUT2D eigenvalue weighted by Gasteiger charge is -2.26. The summed E-state index contributed by atoms with van der Waals surface area (Å²) < 4.78 is 16.6. The Morgan fingerprint density at radius 2 is 1.75 bits per heavy atom. The monoisotopic (exact) mass is 488 g/mol. The number of pyridine rings is 1. The molecule has 36 heavy (non-hydrogen) atoms. The Morgan fingerprint density at radius 1 is 1.00 bits per heavy atom. The van der Waals surface area contributed by atoms with E-state index in [-0.39, 0.29) is 17.9 Å². The number of carbonyl (C=O) groups is 2. The van der Waals surface area contributed by atoms with Crippen LogP contribution in [-0.4, -0.2) is 47.0 Å². The van der Waals surface area contributed by atoms with Gasteiger partial charge in [-0.15, -0.1) is 0 Å². The van der Waals surface area contributed by atoms with Crippen LogP contribution >= 0.6 is 0 Å². The Balaban J connectivity index is 1.85. The van der Waals surface area contributed by atoms with E-state index >= 15 is 0 Å². The molecule has 1 atom stereocenters. The lowest BCUT2D eigenvalue weighted by atomic mass is 9.94. The largest absolute Gasteiger partial charge is 0.507 e. The van der Waals surface area contributed by atoms with Crippen LogP contribution in [0.2, 0.25) is 0 Å². The third kappa shape index (κ3) is 4.88. The number of likely N-dealkylation sites (tertiary alicyclic amines) is 1. The number of benzene rings is 2. The van der Waals surface area contributed by atoms with Crippen LogP contribution in [-0.2, 0) is 16.1 Å². The van der Waals surface area contributed by atoms with E-state index < -0.39 is 17.7 Å². The fourth-order valence-electron chi connectivity index (χ4n) is 4.24. The molecule has 0 radical (unpaired) electrons. The van der Waals surface area contributed by atoms with Gasteiger partial charge in [0.25, 0.3) is 11.7 Å². The van der Waals surface area contributed by atoms with Crippen molar-refractivity contribution in [2.75, 3.05) is 20.3 Å². The molecule has 2 heterocycles. The minimum atomic E-state index is -0.846. The number of aromatic nitrogens is 1. The van der Waals surface area contributed by atoms with Crippen LogP contribution in [0.15, 0.2) is 72.6 Å². The molecule has 4 rings (SSSR count). The maximum Gasteiger partial charge on any atom is 0.295 e. The zero-order valence-corrected chi connectivity index (χ0v) is 20.4. The maximum atomic E-state index is 13.3. The normalized spacial score (nSPS) is 16.8. The molecule has 1 N–H and O–H groups in total. The lowest BCUT2D eigenvalue weighted by molar-refractivity contribution is -0.140. The highest BCUT2D eigenvalue weighted by molar-refractivity contribution is 6.46. The van der Waals surface area contributed by atoms with E-state index in [1.807, 2.05) is 19.9 Å². The minimum absolute atomic E-state index is 0.000682. The summed E-state index contributed by atoms with van der Waals surface area (Å²) in [5.74, 6) is -0.0870. The van der Waals surface area contributed by atoms with Crippen LogP contribution in [0.4, 0.5) is 0 Å². The number of amides is 1. The van der Waals surface area contributed by atoms with Gasteiger partial charge < -0.3 is 24.2 Å². The topological polar surface area (TPSA) is 98.2 Å². The lowest BCUT2D eigenvalue weighted by Crippen LogP contribution is -2.29. The van der Waals surface area contributed by atoms with Gasteiger partial charge in [0.15, 0.2) is 11.5 Å². The predicted octanol–water partition coefficient (Wildman–Crippen LogP) is 4.51. The predicted molar refractivity (Wildman–Crippen MR) is 134 cm³/mol. The van der Waals surface area contributed by atoms with Gasteiger partial charge in [-0.3, -0.25) is 14.6 Å². The van der Waals surface area contributed by atoms with Gasteiger partial charge in [-0.25, -0.2) is 0 Å². The molecule has 186 valence electrons. The van der Waals surface area contributed by atoms with Crippen molar-refractivity contribution in [3.63, 3.8) is 0 Å². The summed E-state index contributed by atoms with van der Waals surface area (Å²) in [7, 11) is 1.52. The molecule has 3 aromatic rings. The highest BCUT2D eigenvalue weighted by atomic mass is 16.5. The van der Waals surface area contributed by atoms with Crippen LogP contribution in [0.3, 0.4) is 0 Å². The fraction of sp³-hybridized carbons (Fsp3) is 0.250. The molecule has 0 unspecified atom stereocenters. The number of ketones is 1. The van der Waals surface area contributed by atoms with E-state index in [1.165, 1.54) is 12.0 Å². The molecule has 1 fully saturated rings. The van der Waals surface area contributed by atoms with Crippen molar-refractivity contribution >= 4 is 17.4 Å². The van der Waals surface area contributed by atoms with Crippen LogP contribution in [0, 0.1) is 0 Å². The molecule has 1 amide bonds. The highest BCUT2D eigenvalue weighted by Crippen LogP contribution is 2.42. The van der Waals surface area contributed by atoms with Crippen molar-refractivity contribution in [3.8, 4) is 17.2 Å². The van der Waals surface area contributed by atoms with Gasteiger partial charge >= 0.3 is 0 Å². The number of aliphatic hydroxyl groups excluding tert-OH is 1. The molecule has 8 heteroatoms. The van der Waals surface area contributed by atoms with Crippen molar-refractivity contribution < 1.29 is 28.9 Å². The molecule has 1 aromatic heterocycles. The average Bonchev–Trinajstić information content (AvgIpc) is 3.15. The number of methoxy groups -OCH3 is 1. The van der Waals surface area contributed by atoms with Crippen molar-refractivity contribution in [1.29, 1.82) is 0 Å². The zero-order valence-electron chi connectivity index (χ0n) is 20.4. The molecular formula is C28H28N2O6. The molecule has 2 aromatic carbocycles. The maximum absolute atomic E-state index is 13.3. The van der Waals surface area contributed by atoms with Gasteiger partial charge in [-0.1, -0.05) is 12.1 Å². The van der Waals surface area contributed by atoms with E-state index in [0.29, 0.717) is 41.6 Å². The first-order chi connectivity index (χ1) is 17.5. The molecule has 1 saturated heterocycles. The van der Waals surface area contributed by atoms with Gasteiger partial charge in [-0.05, 0) is 67.4 Å². The standard InChI is InChI=1S/C28H28N2O6/c1-4-35-21-11-8-19(9-12-21)26(31)24-25(20-10-13-22(36-5-2)23(15-20)34-3)30(28(33)27(24)32)17-18-7-6-14-29-16-18/h6-16,25,31H,4-5,17H2,1-3H3/b26-24+/t25-/m1/s1. The molecule has 8 nitrogen and oxygen atoms in total.